The van der Waals surface area contributed by atoms with E-state index in [0.29, 0.717) is 31.8 Å². The zero-order chi connectivity index (χ0) is 47.1. The van der Waals surface area contributed by atoms with Crippen LogP contribution in [0.2, 0.25) is 0 Å². The molecule has 0 aromatic heterocycles. The van der Waals surface area contributed by atoms with Gasteiger partial charge in [0, 0.05) is 53.1 Å². The Kier molecular flexibility index (Phi) is 21.4. The molecule has 1 aliphatic heterocycles. The van der Waals surface area contributed by atoms with Crippen LogP contribution in [0.5, 0.6) is 0 Å². The summed E-state index contributed by atoms with van der Waals surface area (Å²) in [6.45, 7) is 19.4. The summed E-state index contributed by atoms with van der Waals surface area (Å²) in [5.41, 5.74) is 3.23. The number of methoxy groups -OCH3 is 2. The SMILES string of the molecule is CC[C@H](C)[C@@H]([C@@H](CC(=O)N1CCC[C@H]1[C@H](OC)[C@@H](C)C(=O)N[C@@H](Cc1ccccc1)C(=O)O)OC)N(C)C(=O)[C@@H](CC(=O)[C@H](C(C)C)N(C)Cc1cccc(CC(C)C)c1)C(C)C. The van der Waals surface area contributed by atoms with Crippen LogP contribution in [0.25, 0.3) is 0 Å². The number of carboxylic acids is 1. The van der Waals surface area contributed by atoms with Gasteiger partial charge in [0.1, 0.15) is 6.04 Å². The lowest BCUT2D eigenvalue weighted by atomic mass is 9.83. The van der Waals surface area contributed by atoms with Crippen molar-refractivity contribution in [2.45, 2.75) is 150 Å². The number of hydrogen-bond acceptors (Lipinski definition) is 8. The first-order valence-electron chi connectivity index (χ1n) is 23.2. The molecule has 3 amide bonds. The monoisotopic (exact) mass is 877 g/mol. The normalized spacial score (nSPS) is 18.2. The number of likely N-dealkylation sites (N-methyl/N-ethyl adjacent to an activating group) is 2. The van der Waals surface area contributed by atoms with Crippen molar-refractivity contribution in [3.63, 3.8) is 0 Å². The van der Waals surface area contributed by atoms with Crippen molar-refractivity contribution in [2.24, 2.45) is 35.5 Å². The molecular weight excluding hydrogens is 797 g/mol. The number of nitrogens with one attached hydrogen (secondary N) is 1. The summed E-state index contributed by atoms with van der Waals surface area (Å²) in [4.78, 5) is 74.7. The zero-order valence-electron chi connectivity index (χ0n) is 40.6. The molecule has 3 rings (SSSR count). The van der Waals surface area contributed by atoms with Gasteiger partial charge < -0.3 is 29.7 Å². The van der Waals surface area contributed by atoms with E-state index in [0.717, 1.165) is 24.0 Å². The Morgan fingerprint density at radius 1 is 0.825 bits per heavy atom. The molecule has 0 saturated carbocycles. The maximum atomic E-state index is 14.7. The highest BCUT2D eigenvalue weighted by molar-refractivity contribution is 5.90. The van der Waals surface area contributed by atoms with Crippen LogP contribution in [0, 0.1) is 35.5 Å². The summed E-state index contributed by atoms with van der Waals surface area (Å²) in [7, 11) is 6.84. The van der Waals surface area contributed by atoms with Gasteiger partial charge in [-0.05, 0) is 66.7 Å². The lowest BCUT2D eigenvalue weighted by molar-refractivity contribution is -0.149. The van der Waals surface area contributed by atoms with E-state index in [1.807, 2.05) is 51.2 Å². The number of hydrogen-bond donors (Lipinski definition) is 2. The van der Waals surface area contributed by atoms with Crippen molar-refractivity contribution in [1.29, 1.82) is 0 Å². The zero-order valence-corrected chi connectivity index (χ0v) is 40.6. The Hall–Kier alpha value is -4.13. The lowest BCUT2D eigenvalue weighted by Crippen LogP contribution is -2.55. The summed E-state index contributed by atoms with van der Waals surface area (Å²) < 4.78 is 12.0. The number of rotatable bonds is 26. The number of carboxylic acid groups (broad SMARTS) is 1. The summed E-state index contributed by atoms with van der Waals surface area (Å²) in [5.74, 6) is -2.79. The number of ether oxygens (including phenoxy) is 2. The van der Waals surface area contributed by atoms with E-state index in [9.17, 15) is 29.1 Å². The van der Waals surface area contributed by atoms with Gasteiger partial charge in [0.25, 0.3) is 0 Å². The van der Waals surface area contributed by atoms with Crippen molar-refractivity contribution in [3.05, 3.63) is 71.3 Å². The minimum atomic E-state index is -1.14. The fraction of sp³-hybridized carbons (Fsp3) is 0.667. The standard InChI is InChI=1S/C51H80N4O8/c1-14-35(8)47(54(11)50(59)40(33(4)5)29-43(56)46(34(6)7)53(10)31-39-23-18-22-38(27-39)26-32(2)3)44(62-12)30-45(57)55-25-19-24-42(55)48(63-13)36(9)49(58)52-41(51(60)61)28-37-20-16-15-17-21-37/h15-18,20-23,27,32-36,40-42,44,46-48H,14,19,24-26,28-31H2,1-13H3,(H,52,58)(H,60,61)/t35-,36+,40-,41-,42-,44+,46-,47-,48+/m0/s1. The van der Waals surface area contributed by atoms with Gasteiger partial charge in [-0.25, -0.2) is 4.79 Å². The van der Waals surface area contributed by atoms with Gasteiger partial charge in [0.15, 0.2) is 5.78 Å². The molecule has 9 atom stereocenters. The molecule has 0 spiro atoms. The van der Waals surface area contributed by atoms with E-state index < -0.39 is 54.0 Å². The molecule has 0 aliphatic carbocycles. The van der Waals surface area contributed by atoms with Gasteiger partial charge in [-0.1, -0.05) is 123 Å². The van der Waals surface area contributed by atoms with Crippen molar-refractivity contribution in [3.8, 4) is 0 Å². The molecule has 12 nitrogen and oxygen atoms in total. The van der Waals surface area contributed by atoms with Gasteiger partial charge >= 0.3 is 5.97 Å². The predicted molar refractivity (Wildman–Crippen MR) is 249 cm³/mol. The molecule has 2 aromatic rings. The molecule has 1 saturated heterocycles. The smallest absolute Gasteiger partial charge is 0.326 e. The third-order valence-electron chi connectivity index (χ3n) is 13.2. The first-order chi connectivity index (χ1) is 29.7. The molecule has 12 heteroatoms. The number of likely N-dealkylation sites (tertiary alicyclic amines) is 1. The molecule has 1 heterocycles. The first-order valence-corrected chi connectivity index (χ1v) is 23.2. The molecular formula is C51H80N4O8. The average molecular weight is 877 g/mol. The highest BCUT2D eigenvalue weighted by atomic mass is 16.5. The van der Waals surface area contributed by atoms with Crippen molar-refractivity contribution >= 4 is 29.5 Å². The molecule has 0 bridgehead atoms. The Morgan fingerprint density at radius 3 is 2.02 bits per heavy atom. The number of carbonyl (C=O) groups excluding carboxylic acids is 4. The second-order valence-electron chi connectivity index (χ2n) is 19.2. The molecule has 0 unspecified atom stereocenters. The maximum absolute atomic E-state index is 14.7. The first kappa shape index (κ1) is 53.2. The van der Waals surface area contributed by atoms with Crippen LogP contribution in [0.3, 0.4) is 0 Å². The van der Waals surface area contributed by atoms with Crippen LogP contribution in [0.15, 0.2) is 54.6 Å². The maximum Gasteiger partial charge on any atom is 0.326 e. The third kappa shape index (κ3) is 15.0. The Morgan fingerprint density at radius 2 is 1.46 bits per heavy atom. The number of nitrogens with zero attached hydrogens (tertiary/aromatic N) is 3. The van der Waals surface area contributed by atoms with Crippen molar-refractivity contribution in [2.75, 3.05) is 34.9 Å². The van der Waals surface area contributed by atoms with E-state index in [4.69, 9.17) is 9.47 Å². The average Bonchev–Trinajstić information content (AvgIpc) is 3.71. The lowest BCUT2D eigenvalue weighted by Gasteiger charge is -2.41. The van der Waals surface area contributed by atoms with E-state index in [-0.39, 0.29) is 60.7 Å². The van der Waals surface area contributed by atoms with Crippen LogP contribution >= 0.6 is 0 Å². The molecule has 1 aliphatic rings. The Balaban J connectivity index is 1.78. The topological polar surface area (TPSA) is 146 Å². The Bertz CT molecular complexity index is 1770. The van der Waals surface area contributed by atoms with Crippen LogP contribution in [0.1, 0.15) is 111 Å². The van der Waals surface area contributed by atoms with Gasteiger partial charge in [-0.3, -0.25) is 24.1 Å². The number of aliphatic carboxylic acids is 1. The second kappa shape index (κ2) is 25.4. The van der Waals surface area contributed by atoms with Crippen LogP contribution in [0.4, 0.5) is 0 Å². The minimum absolute atomic E-state index is 0.00132. The summed E-state index contributed by atoms with van der Waals surface area (Å²) in [6, 6.07) is 15.3. The summed E-state index contributed by atoms with van der Waals surface area (Å²) in [6.07, 6.45) is 1.93. The van der Waals surface area contributed by atoms with Gasteiger partial charge in [-0.2, -0.15) is 0 Å². The molecule has 352 valence electrons. The highest BCUT2D eigenvalue weighted by Gasteiger charge is 2.43. The fourth-order valence-electron chi connectivity index (χ4n) is 9.71. The van der Waals surface area contributed by atoms with E-state index in [2.05, 4.69) is 76.0 Å². The molecule has 0 radical (unpaired) electrons. The van der Waals surface area contributed by atoms with E-state index in [1.165, 1.54) is 12.7 Å². The molecule has 2 aromatic carbocycles. The molecule has 1 fully saturated rings. The number of ketones is 1. The largest absolute Gasteiger partial charge is 0.480 e. The highest BCUT2D eigenvalue weighted by Crippen LogP contribution is 2.31. The van der Waals surface area contributed by atoms with E-state index in [1.54, 1.807) is 30.9 Å². The van der Waals surface area contributed by atoms with Gasteiger partial charge in [0.2, 0.25) is 17.7 Å². The number of Topliss-reactive ketones (excluding diaryl/α,β-unsaturated/α-hetero) is 1. The predicted octanol–water partition coefficient (Wildman–Crippen LogP) is 7.31. The van der Waals surface area contributed by atoms with Crippen LogP contribution in [-0.4, -0.2) is 121 Å². The Labute approximate surface area is 378 Å². The van der Waals surface area contributed by atoms with Crippen molar-refractivity contribution < 1.29 is 38.6 Å². The quantitative estimate of drug-likeness (QED) is 0.0995. The minimum Gasteiger partial charge on any atom is -0.480 e. The second-order valence-corrected chi connectivity index (χ2v) is 19.2. The van der Waals surface area contributed by atoms with Gasteiger partial charge in [0.05, 0.1) is 42.7 Å². The number of carbonyl (C=O) groups is 5. The summed E-state index contributed by atoms with van der Waals surface area (Å²) in [5, 5.41) is 12.7. The molecule has 63 heavy (non-hydrogen) atoms. The summed E-state index contributed by atoms with van der Waals surface area (Å²) >= 11 is 0. The van der Waals surface area contributed by atoms with Crippen LogP contribution < -0.4 is 5.32 Å². The fourth-order valence-corrected chi connectivity index (χ4v) is 9.71. The van der Waals surface area contributed by atoms with Crippen LogP contribution in [-0.2, 0) is 52.8 Å². The van der Waals surface area contributed by atoms with E-state index >= 15 is 0 Å². The number of benzene rings is 2. The van der Waals surface area contributed by atoms with Gasteiger partial charge in [-0.15, -0.1) is 0 Å². The number of amides is 3. The third-order valence-corrected chi connectivity index (χ3v) is 13.2. The van der Waals surface area contributed by atoms with Crippen molar-refractivity contribution in [1.82, 2.24) is 20.0 Å². The molecule has 2 N–H and O–H groups in total.